The minimum absolute atomic E-state index is 0.282. The highest BCUT2D eigenvalue weighted by Crippen LogP contribution is 2.44. The van der Waals surface area contributed by atoms with Gasteiger partial charge < -0.3 is 19.7 Å². The van der Waals surface area contributed by atoms with Crippen molar-refractivity contribution in [3.8, 4) is 0 Å². The van der Waals surface area contributed by atoms with E-state index in [4.69, 9.17) is 9.47 Å². The molecule has 3 rings (SSSR count). The van der Waals surface area contributed by atoms with Gasteiger partial charge >= 0.3 is 12.1 Å². The van der Waals surface area contributed by atoms with Crippen LogP contribution in [0.4, 0.5) is 4.79 Å². The number of thioether (sulfide) groups is 1. The molecule has 0 aromatic heterocycles. The smallest absolute Gasteiger partial charge is 0.408 e. The van der Waals surface area contributed by atoms with Crippen LogP contribution in [0.5, 0.6) is 0 Å². The summed E-state index contributed by atoms with van der Waals surface area (Å²) in [5.41, 5.74) is -0.418. The van der Waals surface area contributed by atoms with Gasteiger partial charge in [0, 0.05) is 5.75 Å². The van der Waals surface area contributed by atoms with Crippen molar-refractivity contribution in [2.75, 3.05) is 12.3 Å². The van der Waals surface area contributed by atoms with Crippen molar-refractivity contribution in [3.05, 3.63) is 48.0 Å². The van der Waals surface area contributed by atoms with Gasteiger partial charge in [-0.1, -0.05) is 42.5 Å². The molecule has 0 aliphatic carbocycles. The third-order valence-corrected chi connectivity index (χ3v) is 6.14. The number of benzene rings is 2. The number of nitrogens with one attached hydrogen (secondary N) is 1. The minimum Gasteiger partial charge on any atom is -0.458 e. The van der Waals surface area contributed by atoms with Gasteiger partial charge in [0.1, 0.15) is 29.2 Å². The number of amides is 2. The highest BCUT2D eigenvalue weighted by molar-refractivity contribution is 7.99. The molecule has 2 aromatic carbocycles. The van der Waals surface area contributed by atoms with Crippen molar-refractivity contribution in [1.29, 1.82) is 0 Å². The predicted octanol–water partition coefficient (Wildman–Crippen LogP) is 4.65. The molecule has 1 N–H and O–H groups in total. The van der Waals surface area contributed by atoms with E-state index in [-0.39, 0.29) is 17.8 Å². The molecule has 1 aliphatic rings. The number of rotatable bonds is 4. The molecule has 178 valence electrons. The molecule has 1 heterocycles. The second-order valence-electron chi connectivity index (χ2n) is 9.96. The van der Waals surface area contributed by atoms with Crippen molar-refractivity contribution in [1.82, 2.24) is 10.2 Å². The summed E-state index contributed by atoms with van der Waals surface area (Å²) >= 11 is 1.51. The van der Waals surface area contributed by atoms with E-state index in [1.54, 1.807) is 41.5 Å². The molecule has 2 unspecified atom stereocenters. The average molecular weight is 473 g/mol. The molecule has 8 heteroatoms. The maximum atomic E-state index is 13.4. The Labute approximate surface area is 199 Å². The third kappa shape index (κ3) is 6.41. The zero-order valence-corrected chi connectivity index (χ0v) is 20.8. The summed E-state index contributed by atoms with van der Waals surface area (Å²) in [7, 11) is 0. The molecule has 0 saturated carbocycles. The van der Waals surface area contributed by atoms with E-state index >= 15 is 0 Å². The van der Waals surface area contributed by atoms with Gasteiger partial charge in [-0.2, -0.15) is 0 Å². The number of carbonyl (C=O) groups excluding carboxylic acids is 3. The van der Waals surface area contributed by atoms with E-state index in [0.29, 0.717) is 5.75 Å². The fourth-order valence-electron chi connectivity index (χ4n) is 3.62. The first-order valence-electron chi connectivity index (χ1n) is 11.0. The van der Waals surface area contributed by atoms with Crippen LogP contribution in [0, 0.1) is 0 Å². The molecule has 2 amide bonds. The lowest BCUT2D eigenvalue weighted by atomic mass is 10.0. The van der Waals surface area contributed by atoms with Gasteiger partial charge in [0.2, 0.25) is 5.91 Å². The zero-order chi connectivity index (χ0) is 24.4. The second kappa shape index (κ2) is 9.63. The van der Waals surface area contributed by atoms with Gasteiger partial charge in [-0.15, -0.1) is 11.8 Å². The summed E-state index contributed by atoms with van der Waals surface area (Å²) in [4.78, 5) is 40.0. The van der Waals surface area contributed by atoms with E-state index in [2.05, 4.69) is 5.32 Å². The van der Waals surface area contributed by atoms with Crippen molar-refractivity contribution in [3.63, 3.8) is 0 Å². The van der Waals surface area contributed by atoms with Gasteiger partial charge in [-0.25, -0.2) is 9.59 Å². The summed E-state index contributed by atoms with van der Waals surface area (Å²) in [5, 5.41) is 4.20. The van der Waals surface area contributed by atoms with Crippen LogP contribution in [0.25, 0.3) is 10.8 Å². The molecule has 1 aliphatic heterocycles. The molecule has 0 radical (unpaired) electrons. The molecule has 1 fully saturated rings. The van der Waals surface area contributed by atoms with E-state index < -0.39 is 29.3 Å². The molecule has 2 atom stereocenters. The topological polar surface area (TPSA) is 84.9 Å². The minimum atomic E-state index is -0.758. The molecule has 2 aromatic rings. The van der Waals surface area contributed by atoms with Crippen LogP contribution in [-0.2, 0) is 19.1 Å². The quantitative estimate of drug-likeness (QED) is 0.652. The van der Waals surface area contributed by atoms with Crippen LogP contribution in [0.3, 0.4) is 0 Å². The molecule has 1 saturated heterocycles. The fourth-order valence-corrected chi connectivity index (χ4v) is 5.09. The van der Waals surface area contributed by atoms with Gasteiger partial charge in [0.15, 0.2) is 0 Å². The summed E-state index contributed by atoms with van der Waals surface area (Å²) in [6.45, 7) is 10.4. The van der Waals surface area contributed by atoms with Gasteiger partial charge in [-0.05, 0) is 57.9 Å². The number of esters is 1. The van der Waals surface area contributed by atoms with E-state index in [0.717, 1.165) is 16.3 Å². The highest BCUT2D eigenvalue weighted by atomic mass is 32.2. The Hall–Kier alpha value is -2.74. The Morgan fingerprint density at radius 3 is 2.27 bits per heavy atom. The maximum Gasteiger partial charge on any atom is 0.408 e. The SMILES string of the molecule is CC(C)(C)OC(=O)NCC(=O)N1C(C(=O)OC(C)(C)C)CSC1c1cccc2ccccc12. The molecular formula is C25H32N2O5S. The normalized spacial score (nSPS) is 18.8. The van der Waals surface area contributed by atoms with Crippen LogP contribution >= 0.6 is 11.8 Å². The molecule has 0 bridgehead atoms. The van der Waals surface area contributed by atoms with Crippen LogP contribution in [-0.4, -0.2) is 52.4 Å². The molecular weight excluding hydrogens is 440 g/mol. The average Bonchev–Trinajstić information content (AvgIpc) is 3.14. The number of hydrogen-bond acceptors (Lipinski definition) is 6. The number of carbonyl (C=O) groups is 3. The van der Waals surface area contributed by atoms with Crippen molar-refractivity contribution in [2.45, 2.75) is 64.2 Å². The Bertz CT molecular complexity index is 1040. The van der Waals surface area contributed by atoms with Crippen molar-refractivity contribution < 1.29 is 23.9 Å². The van der Waals surface area contributed by atoms with Crippen molar-refractivity contribution >= 4 is 40.5 Å². The van der Waals surface area contributed by atoms with Gasteiger partial charge in [0.05, 0.1) is 0 Å². The van der Waals surface area contributed by atoms with E-state index in [1.165, 1.54) is 16.7 Å². The van der Waals surface area contributed by atoms with Gasteiger partial charge in [-0.3, -0.25) is 4.79 Å². The first-order chi connectivity index (χ1) is 15.4. The summed E-state index contributed by atoms with van der Waals surface area (Å²) in [5.74, 6) is -0.427. The van der Waals surface area contributed by atoms with Crippen LogP contribution < -0.4 is 5.32 Å². The standard InChI is InChI=1S/C25H32N2O5S/c1-24(2,3)31-22(29)19-15-33-21(18-13-9-11-16-10-7-8-12-17(16)18)27(19)20(28)14-26-23(30)32-25(4,5)6/h7-13,19,21H,14-15H2,1-6H3,(H,26,30). The zero-order valence-electron chi connectivity index (χ0n) is 20.0. The first kappa shape index (κ1) is 24.9. The van der Waals surface area contributed by atoms with E-state index in [9.17, 15) is 14.4 Å². The Balaban J connectivity index is 1.89. The Morgan fingerprint density at radius 1 is 0.970 bits per heavy atom. The van der Waals surface area contributed by atoms with Crippen LogP contribution in [0.15, 0.2) is 42.5 Å². The number of fused-ring (bicyclic) bond motifs is 1. The lowest BCUT2D eigenvalue weighted by Gasteiger charge is -2.31. The van der Waals surface area contributed by atoms with Crippen molar-refractivity contribution in [2.24, 2.45) is 0 Å². The summed E-state index contributed by atoms with van der Waals surface area (Å²) in [6.07, 6.45) is -0.682. The molecule has 0 spiro atoms. The third-order valence-electron chi connectivity index (χ3n) is 4.84. The number of alkyl carbamates (subject to hydrolysis) is 1. The van der Waals surface area contributed by atoms with Crippen LogP contribution in [0.2, 0.25) is 0 Å². The number of hydrogen-bond donors (Lipinski definition) is 1. The van der Waals surface area contributed by atoms with Crippen LogP contribution in [0.1, 0.15) is 52.5 Å². The lowest BCUT2D eigenvalue weighted by molar-refractivity contribution is -0.163. The van der Waals surface area contributed by atoms with E-state index in [1.807, 2.05) is 42.5 Å². The fraction of sp³-hybridized carbons (Fsp3) is 0.480. The first-order valence-corrected chi connectivity index (χ1v) is 12.0. The van der Waals surface area contributed by atoms with Gasteiger partial charge in [0.25, 0.3) is 0 Å². The summed E-state index contributed by atoms with van der Waals surface area (Å²) in [6, 6.07) is 13.1. The number of nitrogens with zero attached hydrogens (tertiary/aromatic N) is 1. The molecule has 33 heavy (non-hydrogen) atoms. The lowest BCUT2D eigenvalue weighted by Crippen LogP contribution is -2.49. The second-order valence-corrected chi connectivity index (χ2v) is 11.1. The predicted molar refractivity (Wildman–Crippen MR) is 130 cm³/mol. The highest BCUT2D eigenvalue weighted by Gasteiger charge is 2.44. The summed E-state index contributed by atoms with van der Waals surface area (Å²) < 4.78 is 10.8. The monoisotopic (exact) mass is 472 g/mol. The largest absolute Gasteiger partial charge is 0.458 e. The Kier molecular flexibility index (Phi) is 7.26. The number of ether oxygens (including phenoxy) is 2. The Morgan fingerprint density at radius 2 is 1.61 bits per heavy atom. The maximum absolute atomic E-state index is 13.4. The molecule has 7 nitrogen and oxygen atoms in total.